The maximum absolute atomic E-state index is 12.2. The number of hydrogen-bond donors (Lipinski definition) is 1. The molecule has 20 heavy (non-hydrogen) atoms. The number of anilines is 1. The number of carbonyl (C=O) groups excluding carboxylic acids is 1. The Balaban J connectivity index is 1.86. The standard InChI is InChI=1S/C16H11IN2O/c17-13-4-6-14(7-5-13)19-16(20)12-3-8-15-11(10-12)2-1-9-18-15/h1-10H,(H,19,20). The summed E-state index contributed by atoms with van der Waals surface area (Å²) in [5, 5.41) is 3.85. The van der Waals surface area contributed by atoms with Gasteiger partial charge in [0.1, 0.15) is 0 Å². The second kappa shape index (κ2) is 5.58. The number of nitrogens with zero attached hydrogens (tertiary/aromatic N) is 1. The Labute approximate surface area is 130 Å². The number of carbonyl (C=O) groups is 1. The lowest BCUT2D eigenvalue weighted by atomic mass is 10.1. The van der Waals surface area contributed by atoms with Gasteiger partial charge in [0.2, 0.25) is 0 Å². The number of rotatable bonds is 2. The van der Waals surface area contributed by atoms with E-state index in [2.05, 4.69) is 32.9 Å². The zero-order valence-corrected chi connectivity index (χ0v) is 12.7. The van der Waals surface area contributed by atoms with Crippen LogP contribution < -0.4 is 5.32 Å². The topological polar surface area (TPSA) is 42.0 Å². The maximum atomic E-state index is 12.2. The molecule has 3 aromatic rings. The van der Waals surface area contributed by atoms with E-state index in [0.717, 1.165) is 20.2 Å². The van der Waals surface area contributed by atoms with Crippen molar-refractivity contribution >= 4 is 45.1 Å². The minimum absolute atomic E-state index is 0.114. The third-order valence-electron chi connectivity index (χ3n) is 2.97. The molecule has 1 amide bonds. The predicted molar refractivity (Wildman–Crippen MR) is 88.9 cm³/mol. The van der Waals surface area contributed by atoms with E-state index in [-0.39, 0.29) is 5.91 Å². The first kappa shape index (κ1) is 13.1. The molecule has 4 heteroatoms. The minimum Gasteiger partial charge on any atom is -0.322 e. The summed E-state index contributed by atoms with van der Waals surface area (Å²) in [6.45, 7) is 0. The third-order valence-corrected chi connectivity index (χ3v) is 3.69. The highest BCUT2D eigenvalue weighted by Gasteiger charge is 2.07. The van der Waals surface area contributed by atoms with Crippen LogP contribution in [-0.4, -0.2) is 10.9 Å². The van der Waals surface area contributed by atoms with Gasteiger partial charge in [-0.2, -0.15) is 0 Å². The summed E-state index contributed by atoms with van der Waals surface area (Å²) in [4.78, 5) is 16.5. The summed E-state index contributed by atoms with van der Waals surface area (Å²) in [6.07, 6.45) is 1.74. The van der Waals surface area contributed by atoms with Crippen LogP contribution in [0.25, 0.3) is 10.9 Å². The van der Waals surface area contributed by atoms with Crippen LogP contribution in [0.3, 0.4) is 0 Å². The van der Waals surface area contributed by atoms with Gasteiger partial charge in [0, 0.05) is 26.4 Å². The zero-order chi connectivity index (χ0) is 13.9. The molecule has 98 valence electrons. The fourth-order valence-electron chi connectivity index (χ4n) is 1.95. The first-order chi connectivity index (χ1) is 9.72. The van der Waals surface area contributed by atoms with Crippen LogP contribution in [0.5, 0.6) is 0 Å². The minimum atomic E-state index is -0.114. The number of hydrogen-bond acceptors (Lipinski definition) is 2. The highest BCUT2D eigenvalue weighted by atomic mass is 127. The van der Waals surface area contributed by atoms with Gasteiger partial charge in [0.25, 0.3) is 5.91 Å². The van der Waals surface area contributed by atoms with E-state index in [1.54, 1.807) is 12.3 Å². The quantitative estimate of drug-likeness (QED) is 0.687. The second-order valence-electron chi connectivity index (χ2n) is 4.37. The molecule has 0 aliphatic rings. The Kier molecular flexibility index (Phi) is 3.64. The Morgan fingerprint density at radius 2 is 1.85 bits per heavy atom. The van der Waals surface area contributed by atoms with E-state index < -0.39 is 0 Å². The summed E-state index contributed by atoms with van der Waals surface area (Å²) in [6, 6.07) is 17.0. The molecule has 0 aliphatic heterocycles. The highest BCUT2D eigenvalue weighted by molar-refractivity contribution is 14.1. The van der Waals surface area contributed by atoms with E-state index in [1.807, 2.05) is 48.5 Å². The van der Waals surface area contributed by atoms with Crippen LogP contribution in [0.2, 0.25) is 0 Å². The van der Waals surface area contributed by atoms with Gasteiger partial charge in [-0.15, -0.1) is 0 Å². The summed E-state index contributed by atoms with van der Waals surface area (Å²) in [7, 11) is 0. The first-order valence-electron chi connectivity index (χ1n) is 6.14. The van der Waals surface area contributed by atoms with Crippen LogP contribution >= 0.6 is 22.6 Å². The zero-order valence-electron chi connectivity index (χ0n) is 10.5. The molecule has 0 radical (unpaired) electrons. The Morgan fingerprint density at radius 3 is 2.65 bits per heavy atom. The molecule has 3 rings (SSSR count). The molecule has 2 aromatic carbocycles. The van der Waals surface area contributed by atoms with Crippen molar-refractivity contribution in [2.45, 2.75) is 0 Å². The van der Waals surface area contributed by atoms with Crippen molar-refractivity contribution in [3.63, 3.8) is 0 Å². The number of halogens is 1. The Bertz CT molecular complexity index is 769. The van der Waals surface area contributed by atoms with E-state index in [1.165, 1.54) is 0 Å². The van der Waals surface area contributed by atoms with Gasteiger partial charge >= 0.3 is 0 Å². The van der Waals surface area contributed by atoms with Crippen molar-refractivity contribution in [1.29, 1.82) is 0 Å². The summed E-state index contributed by atoms with van der Waals surface area (Å²) >= 11 is 2.23. The molecule has 1 aromatic heterocycles. The average molecular weight is 374 g/mol. The number of nitrogens with one attached hydrogen (secondary N) is 1. The van der Waals surface area contributed by atoms with Crippen molar-refractivity contribution in [1.82, 2.24) is 4.98 Å². The number of pyridine rings is 1. The predicted octanol–water partition coefficient (Wildman–Crippen LogP) is 4.09. The van der Waals surface area contributed by atoms with Crippen LogP contribution in [0.4, 0.5) is 5.69 Å². The summed E-state index contributed by atoms with van der Waals surface area (Å²) in [5.74, 6) is -0.114. The number of amides is 1. The third kappa shape index (κ3) is 2.80. The number of aromatic nitrogens is 1. The van der Waals surface area contributed by atoms with Crippen LogP contribution in [0, 0.1) is 3.57 Å². The molecular formula is C16H11IN2O. The molecule has 1 N–H and O–H groups in total. The van der Waals surface area contributed by atoms with Gasteiger partial charge in [-0.1, -0.05) is 6.07 Å². The van der Waals surface area contributed by atoms with Crippen molar-refractivity contribution in [2.24, 2.45) is 0 Å². The SMILES string of the molecule is O=C(Nc1ccc(I)cc1)c1ccc2ncccc2c1. The van der Waals surface area contributed by atoms with Gasteiger partial charge in [0.05, 0.1) is 5.52 Å². The lowest BCUT2D eigenvalue weighted by Crippen LogP contribution is -2.11. The molecule has 3 nitrogen and oxygen atoms in total. The Morgan fingerprint density at radius 1 is 1.05 bits per heavy atom. The fraction of sp³-hybridized carbons (Fsp3) is 0. The normalized spacial score (nSPS) is 10.4. The van der Waals surface area contributed by atoms with Gasteiger partial charge in [-0.25, -0.2) is 0 Å². The molecule has 0 saturated carbocycles. The van der Waals surface area contributed by atoms with E-state index in [4.69, 9.17) is 0 Å². The lowest BCUT2D eigenvalue weighted by molar-refractivity contribution is 0.102. The molecule has 0 aliphatic carbocycles. The lowest BCUT2D eigenvalue weighted by Gasteiger charge is -2.06. The largest absolute Gasteiger partial charge is 0.322 e. The Hall–Kier alpha value is -1.95. The van der Waals surface area contributed by atoms with Crippen LogP contribution in [0.1, 0.15) is 10.4 Å². The average Bonchev–Trinajstić information content (AvgIpc) is 2.49. The number of benzene rings is 2. The number of fused-ring (bicyclic) bond motifs is 1. The van der Waals surface area contributed by atoms with Crippen molar-refractivity contribution in [3.8, 4) is 0 Å². The van der Waals surface area contributed by atoms with Gasteiger partial charge in [-0.3, -0.25) is 9.78 Å². The van der Waals surface area contributed by atoms with Crippen LogP contribution in [0.15, 0.2) is 60.8 Å². The molecule has 1 heterocycles. The van der Waals surface area contributed by atoms with Gasteiger partial charge < -0.3 is 5.32 Å². The van der Waals surface area contributed by atoms with E-state index in [0.29, 0.717) is 5.56 Å². The van der Waals surface area contributed by atoms with Gasteiger partial charge in [0.15, 0.2) is 0 Å². The molecule has 0 spiro atoms. The highest BCUT2D eigenvalue weighted by Crippen LogP contribution is 2.16. The van der Waals surface area contributed by atoms with Crippen molar-refractivity contribution < 1.29 is 4.79 Å². The molecule has 0 fully saturated rings. The first-order valence-corrected chi connectivity index (χ1v) is 7.22. The van der Waals surface area contributed by atoms with E-state index in [9.17, 15) is 4.79 Å². The molecular weight excluding hydrogens is 363 g/mol. The molecule has 0 saturated heterocycles. The smallest absolute Gasteiger partial charge is 0.255 e. The van der Waals surface area contributed by atoms with Crippen LogP contribution in [-0.2, 0) is 0 Å². The summed E-state index contributed by atoms with van der Waals surface area (Å²) in [5.41, 5.74) is 2.31. The molecule has 0 atom stereocenters. The van der Waals surface area contributed by atoms with Crippen molar-refractivity contribution in [2.75, 3.05) is 5.32 Å². The second-order valence-corrected chi connectivity index (χ2v) is 5.62. The monoisotopic (exact) mass is 374 g/mol. The van der Waals surface area contributed by atoms with Gasteiger partial charge in [-0.05, 0) is 71.1 Å². The summed E-state index contributed by atoms with van der Waals surface area (Å²) < 4.78 is 1.14. The molecule has 0 bridgehead atoms. The molecule has 0 unspecified atom stereocenters. The van der Waals surface area contributed by atoms with E-state index >= 15 is 0 Å². The van der Waals surface area contributed by atoms with Crippen molar-refractivity contribution in [3.05, 3.63) is 69.9 Å². The fourth-order valence-corrected chi connectivity index (χ4v) is 2.31. The maximum Gasteiger partial charge on any atom is 0.255 e.